The first-order chi connectivity index (χ1) is 9.81. The van der Waals surface area contributed by atoms with Crippen LogP contribution < -0.4 is 0 Å². The lowest BCUT2D eigenvalue weighted by molar-refractivity contribution is -0.137. The van der Waals surface area contributed by atoms with Crippen molar-refractivity contribution in [2.75, 3.05) is 0 Å². The molecule has 2 aromatic rings. The number of benzene rings is 1. The van der Waals surface area contributed by atoms with E-state index in [1.165, 1.54) is 0 Å². The van der Waals surface area contributed by atoms with Crippen molar-refractivity contribution in [1.29, 1.82) is 0 Å². The summed E-state index contributed by atoms with van der Waals surface area (Å²) >= 11 is 5.97. The lowest BCUT2D eigenvalue weighted by Gasteiger charge is -2.12. The van der Waals surface area contributed by atoms with Crippen molar-refractivity contribution in [2.24, 2.45) is 4.99 Å². The second-order valence-electron chi connectivity index (χ2n) is 4.58. The van der Waals surface area contributed by atoms with Crippen LogP contribution in [0.2, 0.25) is 5.02 Å². The molecule has 0 saturated carbocycles. The summed E-state index contributed by atoms with van der Waals surface area (Å²) < 4.78 is 41.1. The van der Waals surface area contributed by atoms with E-state index in [0.29, 0.717) is 24.3 Å². The number of hydrogen-bond donors (Lipinski definition) is 0. The van der Waals surface area contributed by atoms with Crippen LogP contribution in [0.15, 0.2) is 11.1 Å². The van der Waals surface area contributed by atoms with Crippen molar-refractivity contribution in [3.63, 3.8) is 0 Å². The Labute approximate surface area is 125 Å². The molecule has 3 nitrogen and oxygen atoms in total. The van der Waals surface area contributed by atoms with E-state index in [-0.39, 0.29) is 16.2 Å². The molecule has 1 aromatic carbocycles. The first-order valence-corrected chi connectivity index (χ1v) is 6.98. The molecule has 21 heavy (non-hydrogen) atoms. The Balaban J connectivity index is 2.90. The Hall–Kier alpha value is -1.56. The summed E-state index contributed by atoms with van der Waals surface area (Å²) in [5.41, 5.74) is 0.0264. The molecule has 0 aliphatic rings. The molecule has 0 saturated heterocycles. The number of aliphatic imine (C=N–C) groups is 1. The van der Waals surface area contributed by atoms with Gasteiger partial charge in [0.2, 0.25) is 0 Å². The highest BCUT2D eigenvalue weighted by Gasteiger charge is 2.36. The summed E-state index contributed by atoms with van der Waals surface area (Å²) in [5.74, 6) is 0.635. The molecule has 0 amide bonds. The average molecular weight is 318 g/mol. The number of fused-ring (bicyclic) bond motifs is 1. The standard InChI is InChI=1S/C14H15ClF3N3/c1-4-6-19-12-11(15)9(14(16,17)18)7-10-13(12)21(5-2)8(3)20-10/h6-7H,4-5H2,1-3H3. The van der Waals surface area contributed by atoms with Gasteiger partial charge in [-0.25, -0.2) is 4.98 Å². The molecule has 0 unspecified atom stereocenters. The van der Waals surface area contributed by atoms with E-state index in [2.05, 4.69) is 9.98 Å². The van der Waals surface area contributed by atoms with Gasteiger partial charge in [0.15, 0.2) is 0 Å². The summed E-state index contributed by atoms with van der Waals surface area (Å²) in [5, 5.41) is -0.380. The van der Waals surface area contributed by atoms with Crippen molar-refractivity contribution in [3.8, 4) is 0 Å². The van der Waals surface area contributed by atoms with Crippen molar-refractivity contribution < 1.29 is 13.2 Å². The molecule has 7 heteroatoms. The number of alkyl halides is 3. The van der Waals surface area contributed by atoms with Crippen LogP contribution in [0.3, 0.4) is 0 Å². The highest BCUT2D eigenvalue weighted by Crippen LogP contribution is 2.43. The maximum atomic E-state index is 13.1. The third-order valence-corrected chi connectivity index (χ3v) is 3.54. The minimum atomic E-state index is -4.54. The number of aromatic nitrogens is 2. The Morgan fingerprint density at radius 1 is 1.38 bits per heavy atom. The molecule has 114 valence electrons. The highest BCUT2D eigenvalue weighted by molar-refractivity contribution is 6.35. The van der Waals surface area contributed by atoms with Crippen LogP contribution in [0, 0.1) is 6.92 Å². The van der Waals surface area contributed by atoms with E-state index < -0.39 is 11.7 Å². The average Bonchev–Trinajstić information content (AvgIpc) is 2.71. The lowest BCUT2D eigenvalue weighted by atomic mass is 10.1. The van der Waals surface area contributed by atoms with Gasteiger partial charge in [-0.2, -0.15) is 13.2 Å². The van der Waals surface area contributed by atoms with Crippen LogP contribution in [-0.4, -0.2) is 15.8 Å². The van der Waals surface area contributed by atoms with Crippen molar-refractivity contribution in [2.45, 2.75) is 39.9 Å². The number of hydrogen-bond acceptors (Lipinski definition) is 2. The van der Waals surface area contributed by atoms with Crippen LogP contribution in [0.4, 0.5) is 18.9 Å². The predicted octanol–water partition coefficient (Wildman–Crippen LogP) is 5.15. The first-order valence-electron chi connectivity index (χ1n) is 6.60. The van der Waals surface area contributed by atoms with Gasteiger partial charge in [0.1, 0.15) is 11.5 Å². The second kappa shape index (κ2) is 5.67. The number of halogens is 4. The molecule has 0 atom stereocenters. The minimum absolute atomic E-state index is 0.130. The number of imidazole rings is 1. The van der Waals surface area contributed by atoms with Gasteiger partial charge in [-0.1, -0.05) is 18.5 Å². The van der Waals surface area contributed by atoms with E-state index in [0.717, 1.165) is 6.07 Å². The fourth-order valence-corrected chi connectivity index (χ4v) is 2.56. The molecule has 0 fully saturated rings. The molecule has 1 aromatic heterocycles. The zero-order valence-corrected chi connectivity index (χ0v) is 12.7. The summed E-state index contributed by atoms with van der Waals surface area (Å²) in [6, 6.07) is 0.988. The Kier molecular flexibility index (Phi) is 4.27. The van der Waals surface area contributed by atoms with Gasteiger partial charge < -0.3 is 4.57 Å². The molecule has 0 N–H and O–H groups in total. The maximum Gasteiger partial charge on any atom is 0.418 e. The van der Waals surface area contributed by atoms with Gasteiger partial charge in [-0.05, 0) is 26.3 Å². The van der Waals surface area contributed by atoms with Gasteiger partial charge >= 0.3 is 6.18 Å². The monoisotopic (exact) mass is 317 g/mol. The largest absolute Gasteiger partial charge is 0.418 e. The summed E-state index contributed by atoms with van der Waals surface area (Å²) in [4.78, 5) is 8.33. The molecule has 1 heterocycles. The second-order valence-corrected chi connectivity index (χ2v) is 4.95. The van der Waals surface area contributed by atoms with Gasteiger partial charge in [0.05, 0.1) is 21.6 Å². The van der Waals surface area contributed by atoms with Crippen LogP contribution in [0.1, 0.15) is 31.7 Å². The van der Waals surface area contributed by atoms with Gasteiger partial charge in [0, 0.05) is 12.8 Å². The van der Waals surface area contributed by atoms with E-state index in [9.17, 15) is 13.2 Å². The topological polar surface area (TPSA) is 30.2 Å². The number of aryl methyl sites for hydroxylation is 2. The fraction of sp³-hybridized carbons (Fsp3) is 0.429. The highest BCUT2D eigenvalue weighted by atomic mass is 35.5. The number of rotatable bonds is 3. The van der Waals surface area contributed by atoms with Crippen LogP contribution in [-0.2, 0) is 12.7 Å². The Morgan fingerprint density at radius 3 is 2.57 bits per heavy atom. The summed E-state index contributed by atoms with van der Waals surface area (Å²) in [6.45, 7) is 6.08. The lowest BCUT2D eigenvalue weighted by Crippen LogP contribution is -2.06. The van der Waals surface area contributed by atoms with E-state index >= 15 is 0 Å². The van der Waals surface area contributed by atoms with Crippen molar-refractivity contribution in [3.05, 3.63) is 22.5 Å². The molecule has 0 aliphatic heterocycles. The summed E-state index contributed by atoms with van der Waals surface area (Å²) in [7, 11) is 0. The Bertz CT molecular complexity index is 702. The molecule has 2 rings (SSSR count). The first kappa shape index (κ1) is 15.8. The predicted molar refractivity (Wildman–Crippen MR) is 78.6 cm³/mol. The SMILES string of the molecule is CCC=Nc1c(Cl)c(C(F)(F)F)cc2nc(C)n(CC)c12. The minimum Gasteiger partial charge on any atom is -0.327 e. The zero-order chi connectivity index (χ0) is 15.8. The van der Waals surface area contributed by atoms with E-state index in [1.54, 1.807) is 13.1 Å². The summed E-state index contributed by atoms with van der Waals surface area (Å²) in [6.07, 6.45) is -2.39. The third-order valence-electron chi connectivity index (χ3n) is 3.16. The van der Waals surface area contributed by atoms with Crippen molar-refractivity contribution in [1.82, 2.24) is 9.55 Å². The third kappa shape index (κ3) is 2.77. The molecule has 0 aliphatic carbocycles. The van der Waals surface area contributed by atoms with Crippen LogP contribution in [0.5, 0.6) is 0 Å². The number of nitrogens with zero attached hydrogens (tertiary/aromatic N) is 3. The molecule has 0 bridgehead atoms. The van der Waals surface area contributed by atoms with Gasteiger partial charge in [-0.3, -0.25) is 4.99 Å². The maximum absolute atomic E-state index is 13.1. The molecule has 0 spiro atoms. The van der Waals surface area contributed by atoms with Crippen LogP contribution >= 0.6 is 11.6 Å². The molecule has 0 radical (unpaired) electrons. The van der Waals surface area contributed by atoms with Crippen molar-refractivity contribution >= 4 is 34.5 Å². The van der Waals surface area contributed by atoms with E-state index in [4.69, 9.17) is 11.6 Å². The Morgan fingerprint density at radius 2 is 2.05 bits per heavy atom. The molecular weight excluding hydrogens is 303 g/mol. The quantitative estimate of drug-likeness (QED) is 0.720. The van der Waals surface area contributed by atoms with Gasteiger partial charge in [-0.15, -0.1) is 0 Å². The van der Waals surface area contributed by atoms with Crippen LogP contribution in [0.25, 0.3) is 11.0 Å². The molecular formula is C14H15ClF3N3. The van der Waals surface area contributed by atoms with E-state index in [1.807, 2.05) is 18.4 Å². The zero-order valence-electron chi connectivity index (χ0n) is 11.9. The normalized spacial score (nSPS) is 12.7. The smallest absolute Gasteiger partial charge is 0.327 e. The fourth-order valence-electron chi connectivity index (χ4n) is 2.26. The van der Waals surface area contributed by atoms with Gasteiger partial charge in [0.25, 0.3) is 0 Å².